The first-order chi connectivity index (χ1) is 9.65. The molecule has 1 aliphatic rings. The maximum Gasteiger partial charge on any atom is 0.410 e. The Balaban J connectivity index is 2.66. The molecule has 0 radical (unpaired) electrons. The summed E-state index contributed by atoms with van der Waals surface area (Å²) in [6, 6.07) is -0.0941. The normalized spacial score (nSPS) is 23.1. The summed E-state index contributed by atoms with van der Waals surface area (Å²) in [7, 11) is 0. The molecule has 21 heavy (non-hydrogen) atoms. The summed E-state index contributed by atoms with van der Waals surface area (Å²) in [4.78, 5) is 27.9. The van der Waals surface area contributed by atoms with Crippen molar-refractivity contribution in [3.63, 3.8) is 0 Å². The van der Waals surface area contributed by atoms with Gasteiger partial charge in [-0.3, -0.25) is 9.69 Å². The monoisotopic (exact) mass is 299 g/mol. The fraction of sp³-hybridized carbons (Fsp3) is 0.867. The number of amides is 2. The van der Waals surface area contributed by atoms with Gasteiger partial charge in [0.2, 0.25) is 5.91 Å². The van der Waals surface area contributed by atoms with Gasteiger partial charge < -0.3 is 15.0 Å². The molecule has 1 rings (SSSR count). The van der Waals surface area contributed by atoms with Crippen LogP contribution in [0.3, 0.4) is 0 Å². The quantitative estimate of drug-likeness (QED) is 0.857. The number of likely N-dealkylation sites (N-methyl/N-ethyl adjacent to an activating group) is 1. The second-order valence-electron chi connectivity index (χ2n) is 6.66. The van der Waals surface area contributed by atoms with Crippen molar-refractivity contribution >= 4 is 12.0 Å². The lowest BCUT2D eigenvalue weighted by atomic mass is 10.1. The van der Waals surface area contributed by atoms with Gasteiger partial charge >= 0.3 is 6.09 Å². The first kappa shape index (κ1) is 17.8. The molecule has 0 aliphatic carbocycles. The highest BCUT2D eigenvalue weighted by molar-refractivity contribution is 5.79. The van der Waals surface area contributed by atoms with Gasteiger partial charge in [0.15, 0.2) is 0 Å². The summed E-state index contributed by atoms with van der Waals surface area (Å²) in [6.07, 6.45) is -0.304. The minimum Gasteiger partial charge on any atom is -0.444 e. The van der Waals surface area contributed by atoms with Gasteiger partial charge in [0.1, 0.15) is 5.60 Å². The van der Waals surface area contributed by atoms with Crippen LogP contribution in [0.4, 0.5) is 4.79 Å². The molecule has 2 atom stereocenters. The van der Waals surface area contributed by atoms with Gasteiger partial charge in [-0.2, -0.15) is 0 Å². The molecule has 122 valence electrons. The molecule has 2 amide bonds. The van der Waals surface area contributed by atoms with E-state index < -0.39 is 5.60 Å². The Morgan fingerprint density at radius 1 is 1.19 bits per heavy atom. The Morgan fingerprint density at radius 2 is 1.71 bits per heavy atom. The molecule has 1 aliphatic heterocycles. The second-order valence-corrected chi connectivity index (χ2v) is 6.66. The van der Waals surface area contributed by atoms with E-state index in [9.17, 15) is 9.59 Å². The van der Waals surface area contributed by atoms with Crippen LogP contribution in [0.1, 0.15) is 41.5 Å². The van der Waals surface area contributed by atoms with Crippen molar-refractivity contribution in [3.05, 3.63) is 0 Å². The van der Waals surface area contributed by atoms with Crippen molar-refractivity contribution in [2.45, 2.75) is 59.2 Å². The molecule has 1 heterocycles. The number of carbonyl (C=O) groups excluding carboxylic acids is 2. The largest absolute Gasteiger partial charge is 0.444 e. The average Bonchev–Trinajstić information content (AvgIpc) is 2.32. The lowest BCUT2D eigenvalue weighted by Gasteiger charge is -2.44. The van der Waals surface area contributed by atoms with Crippen LogP contribution in [-0.2, 0) is 9.53 Å². The van der Waals surface area contributed by atoms with Crippen LogP contribution in [0.5, 0.6) is 0 Å². The third kappa shape index (κ3) is 5.19. The maximum absolute atomic E-state index is 12.3. The Labute approximate surface area is 127 Å². The van der Waals surface area contributed by atoms with Crippen LogP contribution in [0.2, 0.25) is 0 Å². The predicted octanol–water partition coefficient (Wildman–Crippen LogP) is 1.45. The molecule has 1 fully saturated rings. The Morgan fingerprint density at radius 3 is 2.14 bits per heavy atom. The van der Waals surface area contributed by atoms with Crippen molar-refractivity contribution in [2.75, 3.05) is 26.2 Å². The summed E-state index contributed by atoms with van der Waals surface area (Å²) in [6.45, 7) is 13.7. The van der Waals surface area contributed by atoms with Gasteiger partial charge in [-0.1, -0.05) is 6.92 Å². The summed E-state index contributed by atoms with van der Waals surface area (Å²) >= 11 is 0. The molecular weight excluding hydrogens is 270 g/mol. The molecule has 0 saturated carbocycles. The van der Waals surface area contributed by atoms with Crippen molar-refractivity contribution < 1.29 is 14.3 Å². The number of hydrogen-bond donors (Lipinski definition) is 1. The van der Waals surface area contributed by atoms with E-state index >= 15 is 0 Å². The number of nitrogens with zero attached hydrogens (tertiary/aromatic N) is 2. The number of piperazine rings is 1. The highest BCUT2D eigenvalue weighted by Crippen LogP contribution is 2.19. The summed E-state index contributed by atoms with van der Waals surface area (Å²) in [5.41, 5.74) is -0.505. The molecule has 1 N–H and O–H groups in total. The van der Waals surface area contributed by atoms with Gasteiger partial charge in [-0.05, 0) is 41.2 Å². The van der Waals surface area contributed by atoms with Gasteiger partial charge in [0, 0.05) is 13.1 Å². The van der Waals surface area contributed by atoms with Crippen LogP contribution in [0.15, 0.2) is 0 Å². The molecule has 6 nitrogen and oxygen atoms in total. The smallest absolute Gasteiger partial charge is 0.410 e. The molecule has 0 aromatic heterocycles. The van der Waals surface area contributed by atoms with E-state index in [1.165, 1.54) is 0 Å². The predicted molar refractivity (Wildman–Crippen MR) is 82.1 cm³/mol. The van der Waals surface area contributed by atoms with Crippen LogP contribution in [0.25, 0.3) is 0 Å². The van der Waals surface area contributed by atoms with E-state index in [0.29, 0.717) is 19.6 Å². The lowest BCUT2D eigenvalue weighted by molar-refractivity contribution is -0.134. The van der Waals surface area contributed by atoms with Gasteiger partial charge in [-0.15, -0.1) is 0 Å². The zero-order chi connectivity index (χ0) is 16.2. The first-order valence-corrected chi connectivity index (χ1v) is 7.65. The van der Waals surface area contributed by atoms with E-state index in [-0.39, 0.29) is 24.1 Å². The van der Waals surface area contributed by atoms with E-state index in [1.54, 1.807) is 4.90 Å². The topological polar surface area (TPSA) is 61.9 Å². The molecule has 0 aromatic rings. The van der Waals surface area contributed by atoms with Crippen molar-refractivity contribution in [1.82, 2.24) is 15.1 Å². The van der Waals surface area contributed by atoms with Gasteiger partial charge in [0.25, 0.3) is 0 Å². The molecule has 6 heteroatoms. The average molecular weight is 299 g/mol. The summed E-state index contributed by atoms with van der Waals surface area (Å²) in [5, 5.41) is 3.04. The van der Waals surface area contributed by atoms with E-state index in [0.717, 1.165) is 6.54 Å². The fourth-order valence-corrected chi connectivity index (χ4v) is 2.54. The molecule has 0 spiro atoms. The van der Waals surface area contributed by atoms with Crippen LogP contribution >= 0.6 is 0 Å². The Bertz CT molecular complexity index is 367. The van der Waals surface area contributed by atoms with Crippen LogP contribution in [0, 0.1) is 0 Å². The van der Waals surface area contributed by atoms with Gasteiger partial charge in [-0.25, -0.2) is 4.79 Å². The molecule has 0 aromatic carbocycles. The number of rotatable bonds is 3. The SMILES string of the molecule is CCNCC(=O)N1CC(C)N(C(=O)OC(C)(C)C)C(C)C1. The third-order valence-electron chi connectivity index (χ3n) is 3.40. The number of ether oxygens (including phenoxy) is 1. The van der Waals surface area contributed by atoms with Crippen LogP contribution < -0.4 is 5.32 Å². The summed E-state index contributed by atoms with van der Waals surface area (Å²) < 4.78 is 5.45. The molecule has 1 saturated heterocycles. The minimum atomic E-state index is -0.505. The van der Waals surface area contributed by atoms with Crippen molar-refractivity contribution in [2.24, 2.45) is 0 Å². The molecular formula is C15H29N3O3. The van der Waals surface area contributed by atoms with E-state index in [1.807, 2.05) is 46.4 Å². The van der Waals surface area contributed by atoms with Crippen LogP contribution in [-0.4, -0.2) is 65.7 Å². The minimum absolute atomic E-state index is 0.0471. The number of hydrogen-bond acceptors (Lipinski definition) is 4. The molecule has 2 unspecified atom stereocenters. The van der Waals surface area contributed by atoms with Crippen molar-refractivity contribution in [1.29, 1.82) is 0 Å². The zero-order valence-electron chi connectivity index (χ0n) is 14.1. The van der Waals surface area contributed by atoms with Gasteiger partial charge in [0.05, 0.1) is 18.6 Å². The lowest BCUT2D eigenvalue weighted by Crippen LogP contribution is -2.61. The first-order valence-electron chi connectivity index (χ1n) is 7.65. The summed E-state index contributed by atoms with van der Waals surface area (Å²) in [5.74, 6) is 0.0828. The molecule has 0 bridgehead atoms. The zero-order valence-corrected chi connectivity index (χ0v) is 14.1. The number of nitrogens with one attached hydrogen (secondary N) is 1. The standard InChI is InChI=1S/C15H29N3O3/c1-7-16-8-13(19)17-9-11(2)18(12(3)10-17)14(20)21-15(4,5)6/h11-12,16H,7-10H2,1-6H3. The number of carbonyl (C=O) groups is 2. The third-order valence-corrected chi connectivity index (χ3v) is 3.40. The Kier molecular flexibility index (Phi) is 6.01. The van der Waals surface area contributed by atoms with E-state index in [4.69, 9.17) is 4.74 Å². The highest BCUT2D eigenvalue weighted by Gasteiger charge is 2.36. The fourth-order valence-electron chi connectivity index (χ4n) is 2.54. The Hall–Kier alpha value is -1.30. The van der Waals surface area contributed by atoms with Crippen molar-refractivity contribution in [3.8, 4) is 0 Å². The second kappa shape index (κ2) is 7.11. The van der Waals surface area contributed by atoms with E-state index in [2.05, 4.69) is 5.32 Å². The highest BCUT2D eigenvalue weighted by atomic mass is 16.6. The maximum atomic E-state index is 12.3.